The fourth-order valence-electron chi connectivity index (χ4n) is 2.58. The molecule has 2 rings (SSSR count). The number of rotatable bonds is 5. The first-order chi connectivity index (χ1) is 11.4. The highest BCUT2D eigenvalue weighted by Crippen LogP contribution is 2.23. The van der Waals surface area contributed by atoms with Gasteiger partial charge in [0.15, 0.2) is 0 Å². The molecule has 6 nitrogen and oxygen atoms in total. The number of amides is 4. The van der Waals surface area contributed by atoms with Gasteiger partial charge >= 0.3 is 6.03 Å². The first-order valence-corrected chi connectivity index (χ1v) is 7.73. The van der Waals surface area contributed by atoms with Crippen LogP contribution in [0, 0.1) is 17.6 Å². The summed E-state index contributed by atoms with van der Waals surface area (Å²) in [7, 11) is 0. The van der Waals surface area contributed by atoms with Crippen LogP contribution < -0.4 is 16.0 Å². The standard InChI is InChI=1S/C16H19F2N3O3/c1-2-3-13(11-7-10(17)4-5-12(11)18)20-15(23)9-6-14(22)21-16(24)19-8-9/h4-5,7,9,13H,2-3,6,8H2,1H3,(H,20,23)(H2,19,21,22,24)/t9-,13?/m1/s1. The highest BCUT2D eigenvalue weighted by Gasteiger charge is 2.29. The molecule has 4 amide bonds. The Balaban J connectivity index is 2.14. The third-order valence-electron chi connectivity index (χ3n) is 3.79. The van der Waals surface area contributed by atoms with Gasteiger partial charge in [0.25, 0.3) is 0 Å². The molecule has 0 saturated carbocycles. The minimum Gasteiger partial charge on any atom is -0.349 e. The number of hydrogen-bond acceptors (Lipinski definition) is 3. The van der Waals surface area contributed by atoms with Crippen LogP contribution in [0.3, 0.4) is 0 Å². The van der Waals surface area contributed by atoms with Crippen LogP contribution in [0.2, 0.25) is 0 Å². The lowest BCUT2D eigenvalue weighted by molar-refractivity contribution is -0.129. The van der Waals surface area contributed by atoms with E-state index < -0.39 is 41.4 Å². The fourth-order valence-corrected chi connectivity index (χ4v) is 2.58. The molecular formula is C16H19F2N3O3. The van der Waals surface area contributed by atoms with Crippen LogP contribution in [0.4, 0.5) is 13.6 Å². The van der Waals surface area contributed by atoms with Gasteiger partial charge < -0.3 is 10.6 Å². The molecule has 1 heterocycles. The lowest BCUT2D eigenvalue weighted by atomic mass is 9.98. The highest BCUT2D eigenvalue weighted by molar-refractivity contribution is 5.97. The molecular weight excluding hydrogens is 320 g/mol. The number of halogens is 2. The van der Waals surface area contributed by atoms with E-state index in [-0.39, 0.29) is 18.5 Å². The average molecular weight is 339 g/mol. The Bertz CT molecular complexity index is 651. The lowest BCUT2D eigenvalue weighted by Gasteiger charge is -2.22. The second-order valence-electron chi connectivity index (χ2n) is 5.67. The Labute approximate surface area is 138 Å². The third-order valence-corrected chi connectivity index (χ3v) is 3.79. The number of carbonyl (C=O) groups is 3. The Morgan fingerprint density at radius 2 is 2.12 bits per heavy atom. The number of benzene rings is 1. The van der Waals surface area contributed by atoms with Crippen LogP contribution in [0.15, 0.2) is 18.2 Å². The molecule has 1 saturated heterocycles. The van der Waals surface area contributed by atoms with Crippen molar-refractivity contribution in [1.82, 2.24) is 16.0 Å². The van der Waals surface area contributed by atoms with Crippen molar-refractivity contribution in [2.75, 3.05) is 6.54 Å². The summed E-state index contributed by atoms with van der Waals surface area (Å²) in [6.07, 6.45) is 0.898. The Morgan fingerprint density at radius 3 is 2.83 bits per heavy atom. The molecule has 1 fully saturated rings. The average Bonchev–Trinajstić information content (AvgIpc) is 2.69. The minimum atomic E-state index is -0.771. The maximum absolute atomic E-state index is 14.0. The number of carbonyl (C=O) groups excluding carboxylic acids is 3. The number of urea groups is 1. The predicted octanol–water partition coefficient (Wildman–Crippen LogP) is 1.77. The van der Waals surface area contributed by atoms with Gasteiger partial charge in [0, 0.05) is 18.5 Å². The molecule has 1 aromatic rings. The maximum Gasteiger partial charge on any atom is 0.321 e. The first-order valence-electron chi connectivity index (χ1n) is 7.73. The summed E-state index contributed by atoms with van der Waals surface area (Å²) >= 11 is 0. The fraction of sp³-hybridized carbons (Fsp3) is 0.438. The van der Waals surface area contributed by atoms with Gasteiger partial charge in [0.05, 0.1) is 12.0 Å². The Kier molecular flexibility index (Phi) is 5.83. The van der Waals surface area contributed by atoms with Gasteiger partial charge in [-0.05, 0) is 24.6 Å². The van der Waals surface area contributed by atoms with Crippen molar-refractivity contribution in [3.8, 4) is 0 Å². The van der Waals surface area contributed by atoms with E-state index in [1.165, 1.54) is 0 Å². The summed E-state index contributed by atoms with van der Waals surface area (Å²) in [5.41, 5.74) is 0.0623. The lowest BCUT2D eigenvalue weighted by Crippen LogP contribution is -2.39. The Hall–Kier alpha value is -2.51. The van der Waals surface area contributed by atoms with Gasteiger partial charge in [-0.1, -0.05) is 13.3 Å². The largest absolute Gasteiger partial charge is 0.349 e. The molecule has 0 aromatic heterocycles. The molecule has 0 aliphatic carbocycles. The van der Waals surface area contributed by atoms with Gasteiger partial charge in [0.2, 0.25) is 11.8 Å². The van der Waals surface area contributed by atoms with Crippen molar-refractivity contribution in [2.24, 2.45) is 5.92 Å². The quantitative estimate of drug-likeness (QED) is 0.764. The molecule has 1 unspecified atom stereocenters. The molecule has 0 radical (unpaired) electrons. The number of imide groups is 1. The van der Waals surface area contributed by atoms with Crippen LogP contribution in [0.25, 0.3) is 0 Å². The van der Waals surface area contributed by atoms with E-state index in [0.29, 0.717) is 12.8 Å². The summed E-state index contributed by atoms with van der Waals surface area (Å²) in [6.45, 7) is 1.85. The number of hydrogen-bond donors (Lipinski definition) is 3. The van der Waals surface area contributed by atoms with Crippen LogP contribution in [-0.4, -0.2) is 24.4 Å². The van der Waals surface area contributed by atoms with E-state index in [4.69, 9.17) is 0 Å². The molecule has 1 aromatic carbocycles. The summed E-state index contributed by atoms with van der Waals surface area (Å²) in [4.78, 5) is 35.2. The molecule has 2 atom stereocenters. The van der Waals surface area contributed by atoms with Crippen molar-refractivity contribution in [2.45, 2.75) is 32.2 Å². The second-order valence-corrected chi connectivity index (χ2v) is 5.67. The molecule has 24 heavy (non-hydrogen) atoms. The normalized spacial score (nSPS) is 19.0. The van der Waals surface area contributed by atoms with E-state index >= 15 is 0 Å². The maximum atomic E-state index is 14.0. The molecule has 130 valence electrons. The SMILES string of the molecule is CCCC(NC(=O)[C@H]1CNC(=O)NC(=O)C1)c1cc(F)ccc1F. The first kappa shape index (κ1) is 17.8. The zero-order valence-corrected chi connectivity index (χ0v) is 13.2. The summed E-state index contributed by atoms with van der Waals surface area (Å²) in [6, 6.07) is 1.71. The van der Waals surface area contributed by atoms with E-state index in [1.807, 2.05) is 6.92 Å². The van der Waals surface area contributed by atoms with Crippen molar-refractivity contribution in [1.29, 1.82) is 0 Å². The molecule has 1 aliphatic heterocycles. The van der Waals surface area contributed by atoms with Crippen LogP contribution >= 0.6 is 0 Å². The van der Waals surface area contributed by atoms with Gasteiger partial charge in [-0.15, -0.1) is 0 Å². The van der Waals surface area contributed by atoms with Crippen molar-refractivity contribution in [3.05, 3.63) is 35.4 Å². The molecule has 0 spiro atoms. The number of nitrogens with one attached hydrogen (secondary N) is 3. The van der Waals surface area contributed by atoms with Crippen molar-refractivity contribution >= 4 is 17.8 Å². The van der Waals surface area contributed by atoms with Crippen molar-refractivity contribution < 1.29 is 23.2 Å². The topological polar surface area (TPSA) is 87.3 Å². The highest BCUT2D eigenvalue weighted by atomic mass is 19.1. The summed E-state index contributed by atoms with van der Waals surface area (Å²) in [5, 5.41) is 7.14. The summed E-state index contributed by atoms with van der Waals surface area (Å²) < 4.78 is 27.4. The van der Waals surface area contributed by atoms with Crippen molar-refractivity contribution in [3.63, 3.8) is 0 Å². The van der Waals surface area contributed by atoms with Crippen LogP contribution in [0.5, 0.6) is 0 Å². The van der Waals surface area contributed by atoms with E-state index in [0.717, 1.165) is 18.2 Å². The zero-order valence-electron chi connectivity index (χ0n) is 13.2. The van der Waals surface area contributed by atoms with Gasteiger partial charge in [0.1, 0.15) is 11.6 Å². The predicted molar refractivity (Wildman–Crippen MR) is 81.8 cm³/mol. The van der Waals surface area contributed by atoms with E-state index in [1.54, 1.807) is 0 Å². The molecule has 0 bridgehead atoms. The second kappa shape index (κ2) is 7.85. The molecule has 8 heteroatoms. The molecule has 1 aliphatic rings. The minimum absolute atomic E-state index is 0.00607. The van der Waals surface area contributed by atoms with E-state index in [9.17, 15) is 23.2 Å². The smallest absolute Gasteiger partial charge is 0.321 e. The molecule has 3 N–H and O–H groups in total. The van der Waals surface area contributed by atoms with Gasteiger partial charge in [-0.3, -0.25) is 14.9 Å². The zero-order chi connectivity index (χ0) is 17.7. The van der Waals surface area contributed by atoms with Crippen LogP contribution in [0.1, 0.15) is 37.8 Å². The van der Waals surface area contributed by atoms with Crippen LogP contribution in [-0.2, 0) is 9.59 Å². The monoisotopic (exact) mass is 339 g/mol. The van der Waals surface area contributed by atoms with Gasteiger partial charge in [-0.25, -0.2) is 13.6 Å². The Morgan fingerprint density at radius 1 is 1.38 bits per heavy atom. The van der Waals surface area contributed by atoms with Gasteiger partial charge in [-0.2, -0.15) is 0 Å². The third kappa shape index (κ3) is 4.50. The summed E-state index contributed by atoms with van der Waals surface area (Å²) in [5.74, 6) is -3.03. The van der Waals surface area contributed by atoms with E-state index in [2.05, 4.69) is 16.0 Å².